The van der Waals surface area contributed by atoms with Gasteiger partial charge in [-0.25, -0.2) is 0 Å². The molecule has 0 aliphatic carbocycles. The van der Waals surface area contributed by atoms with Gasteiger partial charge in [0.15, 0.2) is 0 Å². The molecule has 0 aliphatic rings. The lowest BCUT2D eigenvalue weighted by Crippen LogP contribution is -2.20. The molecule has 0 saturated heterocycles. The third-order valence-corrected chi connectivity index (χ3v) is 0.732. The number of hydrogen-bond acceptors (Lipinski definition) is 2. The fraction of sp³-hybridized carbons (Fsp3) is 0.333. The first-order valence-corrected chi connectivity index (χ1v) is 2.40. The minimum atomic E-state index is 0.799. The lowest BCUT2D eigenvalue weighted by molar-refractivity contribution is 0.399. The average molecular weight is 112 g/mol. The van der Waals surface area contributed by atoms with Gasteiger partial charge in [-0.3, -0.25) is 9.80 Å². The van der Waals surface area contributed by atoms with Crippen molar-refractivity contribution in [2.75, 3.05) is 13.1 Å². The van der Waals surface area contributed by atoms with Crippen LogP contribution in [-0.2, 0) is 0 Å². The van der Waals surface area contributed by atoms with Crippen molar-refractivity contribution in [1.82, 2.24) is 9.80 Å². The highest BCUT2D eigenvalue weighted by atomic mass is 15.1. The fourth-order valence-electron chi connectivity index (χ4n) is 0.283. The second-order valence-electron chi connectivity index (χ2n) is 1.79. The Kier molecular flexibility index (Phi) is 3.83. The van der Waals surface area contributed by atoms with E-state index in [1.807, 2.05) is 0 Å². The molecule has 0 N–H and O–H groups in total. The van der Waals surface area contributed by atoms with E-state index in [1.54, 1.807) is 9.80 Å². The predicted octanol–water partition coefficient (Wildman–Crippen LogP) is 0.757. The summed E-state index contributed by atoms with van der Waals surface area (Å²) in [7, 11) is 14.2. The van der Waals surface area contributed by atoms with Gasteiger partial charge in [0.25, 0.3) is 0 Å². The first-order valence-electron chi connectivity index (χ1n) is 2.40. The summed E-state index contributed by atoms with van der Waals surface area (Å²) in [5.74, 6) is 0. The van der Waals surface area contributed by atoms with E-state index in [2.05, 4.69) is 28.2 Å². The Bertz CT molecular complexity index is 42.5. The van der Waals surface area contributed by atoms with E-state index in [0.29, 0.717) is 0 Å². The Morgan fingerprint density at radius 3 is 1.12 bits per heavy atom. The van der Waals surface area contributed by atoms with E-state index < -0.39 is 0 Å². The van der Waals surface area contributed by atoms with Crippen molar-refractivity contribution in [2.24, 2.45) is 0 Å². The van der Waals surface area contributed by atoms with Gasteiger partial charge in [-0.15, -0.1) is 0 Å². The maximum absolute atomic E-state index is 3.55. The summed E-state index contributed by atoms with van der Waals surface area (Å²) in [5, 5.41) is 0. The first-order chi connectivity index (χ1) is 3.63. The van der Waals surface area contributed by atoms with Crippen molar-refractivity contribution in [1.29, 1.82) is 0 Å². The fourth-order valence-corrected chi connectivity index (χ4v) is 0.283. The number of rotatable bonds is 3. The predicted molar refractivity (Wildman–Crippen MR) is 34.8 cm³/mol. The van der Waals surface area contributed by atoms with Gasteiger partial charge in [-0.05, 0) is 0 Å². The molecule has 0 aromatic rings. The van der Waals surface area contributed by atoms with Gasteiger partial charge in [0, 0.05) is 41.3 Å². The van der Waals surface area contributed by atoms with E-state index in [0.717, 1.165) is 13.1 Å². The highest BCUT2D eigenvalue weighted by Crippen LogP contribution is 1.82. The van der Waals surface area contributed by atoms with Crippen molar-refractivity contribution in [3.05, 3.63) is 28.2 Å². The third-order valence-electron chi connectivity index (χ3n) is 0.732. The molecule has 0 amide bonds. The molecule has 0 spiro atoms. The van der Waals surface area contributed by atoms with Crippen LogP contribution in [-0.4, -0.2) is 22.9 Å². The average Bonchev–Trinajstić information content (AvgIpc) is 1.61. The van der Waals surface area contributed by atoms with Crippen LogP contribution >= 0.6 is 0 Å². The summed E-state index contributed by atoms with van der Waals surface area (Å²) in [6, 6.07) is 0. The van der Waals surface area contributed by atoms with Crippen LogP contribution in [0.25, 0.3) is 0 Å². The van der Waals surface area contributed by atoms with Crippen molar-refractivity contribution >= 4 is 0 Å². The maximum Gasteiger partial charge on any atom is 0.0110 e. The quantitative estimate of drug-likeness (QED) is 0.531. The molecular weight excluding hydrogens is 100 g/mol. The standard InChI is InChI=1S/C6H12N2/c1-7(2)5-6-8(3)4/h1-6H2. The largest absolute Gasteiger partial charge is 0.300 e. The minimum absolute atomic E-state index is 0.799. The van der Waals surface area contributed by atoms with Gasteiger partial charge >= 0.3 is 0 Å². The normalized spacial score (nSPS) is 11.2. The highest BCUT2D eigenvalue weighted by Gasteiger charge is 1.90. The second kappa shape index (κ2) is 3.87. The Morgan fingerprint density at radius 2 is 1.00 bits per heavy atom. The molecule has 0 heterocycles. The summed E-state index contributed by atoms with van der Waals surface area (Å²) in [4.78, 5) is 3.20. The molecule has 8 heavy (non-hydrogen) atoms. The van der Waals surface area contributed by atoms with Crippen LogP contribution in [0.5, 0.6) is 0 Å². The summed E-state index contributed by atoms with van der Waals surface area (Å²) >= 11 is 0. The van der Waals surface area contributed by atoms with Crippen LogP contribution < -0.4 is 0 Å². The molecule has 46 valence electrons. The Morgan fingerprint density at radius 1 is 0.750 bits per heavy atom. The molecular formula is C6H12N2. The van der Waals surface area contributed by atoms with Crippen molar-refractivity contribution in [3.63, 3.8) is 0 Å². The monoisotopic (exact) mass is 112 g/mol. The number of nitrogens with zero attached hydrogens (tertiary/aromatic N) is 2. The van der Waals surface area contributed by atoms with Crippen LogP contribution in [0.1, 0.15) is 0 Å². The van der Waals surface area contributed by atoms with Crippen molar-refractivity contribution < 1.29 is 0 Å². The van der Waals surface area contributed by atoms with E-state index in [1.165, 1.54) is 0 Å². The summed E-state index contributed by atoms with van der Waals surface area (Å²) < 4.78 is 0. The van der Waals surface area contributed by atoms with E-state index in [-0.39, 0.29) is 0 Å². The van der Waals surface area contributed by atoms with Gasteiger partial charge < -0.3 is 0 Å². The Hall–Kier alpha value is -0.0800. The SMILES string of the molecule is [CH2]N([CH2])CCN([CH2])[CH2]. The zero-order valence-corrected chi connectivity index (χ0v) is 5.14. The summed E-state index contributed by atoms with van der Waals surface area (Å²) in [5.41, 5.74) is 0. The van der Waals surface area contributed by atoms with Crippen molar-refractivity contribution in [2.45, 2.75) is 0 Å². The molecule has 0 aliphatic heterocycles. The molecule has 0 saturated carbocycles. The molecule has 0 fully saturated rings. The second-order valence-corrected chi connectivity index (χ2v) is 1.79. The summed E-state index contributed by atoms with van der Waals surface area (Å²) in [6.07, 6.45) is 0. The van der Waals surface area contributed by atoms with Crippen LogP contribution in [0.4, 0.5) is 0 Å². The van der Waals surface area contributed by atoms with E-state index in [4.69, 9.17) is 0 Å². The molecule has 0 unspecified atom stereocenters. The highest BCUT2D eigenvalue weighted by molar-refractivity contribution is 4.57. The number of hydrogen-bond donors (Lipinski definition) is 0. The van der Waals surface area contributed by atoms with E-state index in [9.17, 15) is 0 Å². The zero-order chi connectivity index (χ0) is 6.57. The van der Waals surface area contributed by atoms with Crippen LogP contribution in [0.15, 0.2) is 0 Å². The smallest absolute Gasteiger partial charge is 0.0110 e. The Labute approximate surface area is 52.1 Å². The molecule has 0 aromatic heterocycles. The summed E-state index contributed by atoms with van der Waals surface area (Å²) in [6.45, 7) is 1.60. The van der Waals surface area contributed by atoms with E-state index >= 15 is 0 Å². The van der Waals surface area contributed by atoms with Crippen LogP contribution in [0.2, 0.25) is 0 Å². The first kappa shape index (κ1) is 7.92. The minimum Gasteiger partial charge on any atom is -0.300 e. The van der Waals surface area contributed by atoms with Crippen molar-refractivity contribution in [3.8, 4) is 0 Å². The molecule has 0 rings (SSSR count). The van der Waals surface area contributed by atoms with Gasteiger partial charge in [0.05, 0.1) is 0 Å². The van der Waals surface area contributed by atoms with Gasteiger partial charge in [-0.2, -0.15) is 0 Å². The molecule has 0 atom stereocenters. The zero-order valence-electron chi connectivity index (χ0n) is 5.14. The molecule has 0 aromatic carbocycles. The van der Waals surface area contributed by atoms with Gasteiger partial charge in [0.2, 0.25) is 0 Å². The van der Waals surface area contributed by atoms with Gasteiger partial charge in [0.1, 0.15) is 0 Å². The molecule has 2 heteroatoms. The topological polar surface area (TPSA) is 6.48 Å². The maximum atomic E-state index is 3.55. The molecule has 4 radical (unpaired) electrons. The Balaban J connectivity index is 2.93. The lowest BCUT2D eigenvalue weighted by Gasteiger charge is -2.12. The molecule has 2 nitrogen and oxygen atoms in total. The lowest BCUT2D eigenvalue weighted by atomic mass is 10.5. The van der Waals surface area contributed by atoms with Crippen LogP contribution in [0, 0.1) is 28.2 Å². The van der Waals surface area contributed by atoms with Gasteiger partial charge in [-0.1, -0.05) is 0 Å². The van der Waals surface area contributed by atoms with Crippen LogP contribution in [0.3, 0.4) is 0 Å². The molecule has 0 bridgehead atoms. The third kappa shape index (κ3) is 5.92.